The summed E-state index contributed by atoms with van der Waals surface area (Å²) in [5.41, 5.74) is 3.30. The summed E-state index contributed by atoms with van der Waals surface area (Å²) in [7, 11) is 3.23. The van der Waals surface area contributed by atoms with Crippen LogP contribution in [0.25, 0.3) is 0 Å². The smallest absolute Gasteiger partial charge is 0.251 e. The number of ether oxygens (including phenoxy) is 2. The van der Waals surface area contributed by atoms with Gasteiger partial charge >= 0.3 is 0 Å². The molecule has 2 atom stereocenters. The number of benzene rings is 3. The summed E-state index contributed by atoms with van der Waals surface area (Å²) in [6, 6.07) is 17.3. The van der Waals surface area contributed by atoms with Crippen LogP contribution in [-0.2, 0) is 13.0 Å². The van der Waals surface area contributed by atoms with Crippen molar-refractivity contribution in [3.63, 3.8) is 0 Å². The molecule has 1 amide bonds. The highest BCUT2D eigenvalue weighted by molar-refractivity contribution is 6.30. The van der Waals surface area contributed by atoms with Crippen molar-refractivity contribution in [3.8, 4) is 11.5 Å². The SMILES string of the molecule is CCC(NC(=O)c1cccc(Cl)c1)C1c2cc(OC)c(OC)cc2CCN1Cc1ccccc1F. The van der Waals surface area contributed by atoms with Gasteiger partial charge in [-0.2, -0.15) is 0 Å². The highest BCUT2D eigenvalue weighted by atomic mass is 35.5. The number of amides is 1. The van der Waals surface area contributed by atoms with E-state index in [1.54, 1.807) is 44.6 Å². The van der Waals surface area contributed by atoms with Gasteiger partial charge in [-0.15, -0.1) is 0 Å². The van der Waals surface area contributed by atoms with Gasteiger partial charge < -0.3 is 14.8 Å². The number of fused-ring (bicyclic) bond motifs is 1. The molecule has 5 nitrogen and oxygen atoms in total. The summed E-state index contributed by atoms with van der Waals surface area (Å²) in [6.07, 6.45) is 1.46. The monoisotopic (exact) mass is 496 g/mol. The van der Waals surface area contributed by atoms with Gasteiger partial charge in [0.05, 0.1) is 20.3 Å². The molecule has 7 heteroatoms. The van der Waals surface area contributed by atoms with E-state index in [9.17, 15) is 9.18 Å². The van der Waals surface area contributed by atoms with Crippen LogP contribution in [0.3, 0.4) is 0 Å². The largest absolute Gasteiger partial charge is 0.493 e. The van der Waals surface area contributed by atoms with E-state index < -0.39 is 0 Å². The number of methoxy groups -OCH3 is 2. The molecule has 3 aromatic carbocycles. The fourth-order valence-corrected chi connectivity index (χ4v) is 5.00. The first kappa shape index (κ1) is 25.0. The lowest BCUT2D eigenvalue weighted by Crippen LogP contribution is -2.48. The van der Waals surface area contributed by atoms with Gasteiger partial charge in [0, 0.05) is 35.3 Å². The molecule has 0 radical (unpaired) electrons. The minimum Gasteiger partial charge on any atom is -0.493 e. The number of rotatable bonds is 8. The topological polar surface area (TPSA) is 50.8 Å². The average Bonchev–Trinajstić information content (AvgIpc) is 2.87. The number of halogens is 2. The molecule has 184 valence electrons. The number of nitrogens with zero attached hydrogens (tertiary/aromatic N) is 1. The summed E-state index contributed by atoms with van der Waals surface area (Å²) in [4.78, 5) is 15.4. The Balaban J connectivity index is 1.74. The average molecular weight is 497 g/mol. The third-order valence-electron chi connectivity index (χ3n) is 6.58. The van der Waals surface area contributed by atoms with E-state index in [4.69, 9.17) is 21.1 Å². The highest BCUT2D eigenvalue weighted by Crippen LogP contribution is 2.40. The standard InChI is InChI=1S/C28H30ClFN2O3/c1-4-24(31-28(33)19-9-7-10-21(29)14-19)27-22-16-26(35-3)25(34-2)15-18(22)12-13-32(27)17-20-8-5-6-11-23(20)30/h5-11,14-16,24,27H,4,12-13,17H2,1-3H3,(H,31,33). The number of carbonyl (C=O) groups excluding carboxylic acids is 1. The molecule has 0 spiro atoms. The van der Waals surface area contributed by atoms with E-state index in [1.165, 1.54) is 6.07 Å². The Morgan fingerprint density at radius 2 is 1.86 bits per heavy atom. The fraction of sp³-hybridized carbons (Fsp3) is 0.321. The van der Waals surface area contributed by atoms with Crippen LogP contribution in [0.2, 0.25) is 5.02 Å². The first-order chi connectivity index (χ1) is 16.9. The highest BCUT2D eigenvalue weighted by Gasteiger charge is 2.35. The third kappa shape index (κ3) is 5.44. The fourth-order valence-electron chi connectivity index (χ4n) is 4.81. The van der Waals surface area contributed by atoms with E-state index in [-0.39, 0.29) is 23.8 Å². The van der Waals surface area contributed by atoms with Gasteiger partial charge in [0.15, 0.2) is 11.5 Å². The maximum Gasteiger partial charge on any atom is 0.251 e. The molecule has 1 aliphatic heterocycles. The Hall–Kier alpha value is -3.09. The third-order valence-corrected chi connectivity index (χ3v) is 6.82. The van der Waals surface area contributed by atoms with Crippen molar-refractivity contribution in [2.45, 2.75) is 38.4 Å². The summed E-state index contributed by atoms with van der Waals surface area (Å²) in [5.74, 6) is 0.863. The van der Waals surface area contributed by atoms with E-state index in [0.29, 0.717) is 47.2 Å². The first-order valence-electron chi connectivity index (χ1n) is 11.7. The van der Waals surface area contributed by atoms with Crippen molar-refractivity contribution in [2.75, 3.05) is 20.8 Å². The summed E-state index contributed by atoms with van der Waals surface area (Å²) >= 11 is 6.12. The molecule has 3 aromatic rings. The predicted octanol–water partition coefficient (Wildman–Crippen LogP) is 5.80. The zero-order chi connectivity index (χ0) is 24.9. The maximum atomic E-state index is 14.6. The Morgan fingerprint density at radius 3 is 2.54 bits per heavy atom. The van der Waals surface area contributed by atoms with E-state index >= 15 is 0 Å². The minimum atomic E-state index is -0.236. The molecule has 4 rings (SSSR count). The number of hydrogen-bond acceptors (Lipinski definition) is 4. The number of nitrogens with one attached hydrogen (secondary N) is 1. The van der Waals surface area contributed by atoms with E-state index in [1.807, 2.05) is 31.2 Å². The van der Waals surface area contributed by atoms with Gasteiger partial charge in [-0.3, -0.25) is 9.69 Å². The maximum absolute atomic E-state index is 14.6. The van der Waals surface area contributed by atoms with Gasteiger partial charge in [-0.25, -0.2) is 4.39 Å². The van der Waals surface area contributed by atoms with E-state index in [0.717, 1.165) is 17.5 Å². The van der Waals surface area contributed by atoms with Crippen molar-refractivity contribution in [1.29, 1.82) is 0 Å². The van der Waals surface area contributed by atoms with Crippen molar-refractivity contribution in [1.82, 2.24) is 10.2 Å². The van der Waals surface area contributed by atoms with Crippen molar-refractivity contribution in [2.24, 2.45) is 0 Å². The molecule has 0 saturated carbocycles. The summed E-state index contributed by atoms with van der Waals surface area (Å²) in [5, 5.41) is 3.72. The molecule has 0 bridgehead atoms. The molecule has 2 unspecified atom stereocenters. The second-order valence-electron chi connectivity index (χ2n) is 8.66. The Bertz CT molecular complexity index is 1200. The normalized spacial score (nSPS) is 16.3. The zero-order valence-corrected chi connectivity index (χ0v) is 20.9. The number of hydrogen-bond donors (Lipinski definition) is 1. The van der Waals surface area contributed by atoms with Crippen LogP contribution in [0.4, 0.5) is 4.39 Å². The van der Waals surface area contributed by atoms with E-state index in [2.05, 4.69) is 10.2 Å². The molecule has 0 saturated heterocycles. The predicted molar refractivity (Wildman–Crippen MR) is 136 cm³/mol. The molecule has 35 heavy (non-hydrogen) atoms. The quantitative estimate of drug-likeness (QED) is 0.428. The van der Waals surface area contributed by atoms with Crippen molar-refractivity contribution in [3.05, 3.63) is 93.8 Å². The molecule has 0 fully saturated rings. The van der Waals surface area contributed by atoms with Crippen LogP contribution in [0.5, 0.6) is 11.5 Å². The summed E-state index contributed by atoms with van der Waals surface area (Å²) < 4.78 is 25.7. The second-order valence-corrected chi connectivity index (χ2v) is 9.10. The molecule has 0 aliphatic carbocycles. The number of carbonyl (C=O) groups is 1. The van der Waals surface area contributed by atoms with Crippen LogP contribution < -0.4 is 14.8 Å². The van der Waals surface area contributed by atoms with Gasteiger partial charge in [-0.1, -0.05) is 42.8 Å². The van der Waals surface area contributed by atoms with Crippen LogP contribution in [0, 0.1) is 5.82 Å². The second kappa shape index (κ2) is 11.1. The van der Waals surface area contributed by atoms with Crippen LogP contribution in [-0.4, -0.2) is 37.6 Å². The molecular weight excluding hydrogens is 467 g/mol. The van der Waals surface area contributed by atoms with Crippen molar-refractivity contribution < 1.29 is 18.7 Å². The van der Waals surface area contributed by atoms with Crippen LogP contribution in [0.1, 0.15) is 46.4 Å². The lowest BCUT2D eigenvalue weighted by molar-refractivity contribution is 0.0857. The first-order valence-corrected chi connectivity index (χ1v) is 12.1. The lowest BCUT2D eigenvalue weighted by Gasteiger charge is -2.42. The molecule has 1 aliphatic rings. The van der Waals surface area contributed by atoms with Gasteiger partial charge in [0.1, 0.15) is 5.82 Å². The Kier molecular flexibility index (Phi) is 7.93. The minimum absolute atomic E-state index is 0.189. The van der Waals surface area contributed by atoms with Gasteiger partial charge in [0.2, 0.25) is 0 Å². The molecule has 0 aromatic heterocycles. The van der Waals surface area contributed by atoms with Gasteiger partial charge in [-0.05, 0) is 60.4 Å². The lowest BCUT2D eigenvalue weighted by atomic mass is 9.86. The van der Waals surface area contributed by atoms with Crippen LogP contribution >= 0.6 is 11.6 Å². The zero-order valence-electron chi connectivity index (χ0n) is 20.2. The molecule has 1 heterocycles. The molecule has 1 N–H and O–H groups in total. The Labute approximate surface area is 210 Å². The van der Waals surface area contributed by atoms with Gasteiger partial charge in [0.25, 0.3) is 5.91 Å². The molecular formula is C28H30ClFN2O3. The summed E-state index contributed by atoms with van der Waals surface area (Å²) in [6.45, 7) is 3.18. The Morgan fingerprint density at radius 1 is 1.11 bits per heavy atom. The van der Waals surface area contributed by atoms with Crippen molar-refractivity contribution >= 4 is 17.5 Å². The van der Waals surface area contributed by atoms with Crippen LogP contribution in [0.15, 0.2) is 60.7 Å².